The lowest BCUT2D eigenvalue weighted by atomic mass is 10.3. The molecule has 0 aromatic heterocycles. The van der Waals surface area contributed by atoms with Crippen LogP contribution < -0.4 is 10.1 Å². The van der Waals surface area contributed by atoms with Gasteiger partial charge in [0.25, 0.3) is 0 Å². The van der Waals surface area contributed by atoms with Gasteiger partial charge < -0.3 is 14.8 Å². The van der Waals surface area contributed by atoms with E-state index in [0.717, 1.165) is 13.0 Å². The minimum absolute atomic E-state index is 0.0617. The summed E-state index contributed by atoms with van der Waals surface area (Å²) in [6, 6.07) is 2.75. The van der Waals surface area contributed by atoms with E-state index < -0.39 is 5.82 Å². The molecule has 19 heavy (non-hydrogen) atoms. The normalized spacial score (nSPS) is 12.5. The Morgan fingerprint density at radius 2 is 2.21 bits per heavy atom. The van der Waals surface area contributed by atoms with Crippen molar-refractivity contribution in [3.63, 3.8) is 0 Å². The number of rotatable bonds is 8. The molecule has 0 spiro atoms. The maximum Gasteiger partial charge on any atom is 0.145 e. The highest BCUT2D eigenvalue weighted by atomic mass is 79.9. The van der Waals surface area contributed by atoms with Crippen molar-refractivity contribution in [2.24, 2.45) is 0 Å². The molecule has 0 aliphatic heterocycles. The molecule has 1 aromatic rings. The summed E-state index contributed by atoms with van der Waals surface area (Å²) in [4.78, 5) is 0. The van der Waals surface area contributed by atoms with E-state index in [4.69, 9.17) is 21.1 Å². The molecule has 108 valence electrons. The van der Waals surface area contributed by atoms with Crippen molar-refractivity contribution in [3.8, 4) is 5.75 Å². The van der Waals surface area contributed by atoms with Crippen LogP contribution in [0.4, 0.5) is 4.39 Å². The molecule has 1 unspecified atom stereocenters. The molecular formula is C13H18BrClFNO2. The van der Waals surface area contributed by atoms with Gasteiger partial charge in [0.05, 0.1) is 16.1 Å². The van der Waals surface area contributed by atoms with E-state index in [1.807, 2.05) is 0 Å². The largest absolute Gasteiger partial charge is 0.485 e. The van der Waals surface area contributed by atoms with Gasteiger partial charge in [-0.1, -0.05) is 18.5 Å². The van der Waals surface area contributed by atoms with E-state index in [-0.39, 0.29) is 11.1 Å². The average molecular weight is 355 g/mol. The Morgan fingerprint density at radius 1 is 1.47 bits per heavy atom. The molecule has 0 amide bonds. The standard InChI is InChI=1S/C13H18BrClFNO2/c1-3-4-17-7-9(8-18-2)19-13-6-12(16)11(15)5-10(13)14/h5-6,9,17H,3-4,7-8H2,1-2H3. The molecule has 0 bridgehead atoms. The minimum atomic E-state index is -0.502. The molecule has 1 atom stereocenters. The molecule has 1 N–H and O–H groups in total. The summed E-state index contributed by atoms with van der Waals surface area (Å²) >= 11 is 8.99. The zero-order valence-corrected chi connectivity index (χ0v) is 13.4. The van der Waals surface area contributed by atoms with Crippen LogP contribution in [0.25, 0.3) is 0 Å². The summed E-state index contributed by atoms with van der Waals surface area (Å²) < 4.78 is 24.9. The third kappa shape index (κ3) is 5.65. The molecule has 3 nitrogen and oxygen atoms in total. The fourth-order valence-electron chi connectivity index (χ4n) is 1.53. The Labute approximate surface area is 126 Å². The maximum absolute atomic E-state index is 13.4. The van der Waals surface area contributed by atoms with E-state index in [1.54, 1.807) is 7.11 Å². The van der Waals surface area contributed by atoms with Gasteiger partial charge in [-0.3, -0.25) is 0 Å². The molecule has 0 aliphatic carbocycles. The highest BCUT2D eigenvalue weighted by molar-refractivity contribution is 9.10. The zero-order chi connectivity index (χ0) is 14.3. The second-order valence-corrected chi connectivity index (χ2v) is 5.36. The van der Waals surface area contributed by atoms with E-state index in [9.17, 15) is 4.39 Å². The predicted molar refractivity (Wildman–Crippen MR) is 78.6 cm³/mol. The van der Waals surface area contributed by atoms with Gasteiger partial charge in [-0.05, 0) is 35.0 Å². The first-order valence-corrected chi connectivity index (χ1v) is 7.26. The Bertz CT molecular complexity index is 406. The topological polar surface area (TPSA) is 30.5 Å². The summed E-state index contributed by atoms with van der Waals surface area (Å²) in [6.45, 7) is 4.05. The van der Waals surface area contributed by atoms with Gasteiger partial charge in [0.1, 0.15) is 17.7 Å². The van der Waals surface area contributed by atoms with Gasteiger partial charge in [-0.15, -0.1) is 0 Å². The third-order valence-corrected chi connectivity index (χ3v) is 3.33. The third-order valence-electron chi connectivity index (χ3n) is 2.42. The molecule has 1 aromatic carbocycles. The number of ether oxygens (including phenoxy) is 2. The number of benzene rings is 1. The van der Waals surface area contributed by atoms with Crippen LogP contribution in [0, 0.1) is 5.82 Å². The predicted octanol–water partition coefficient (Wildman–Crippen LogP) is 3.64. The van der Waals surface area contributed by atoms with Crippen molar-refractivity contribution in [1.29, 1.82) is 0 Å². The highest BCUT2D eigenvalue weighted by Gasteiger charge is 2.14. The van der Waals surface area contributed by atoms with E-state index >= 15 is 0 Å². The molecule has 1 rings (SSSR count). The van der Waals surface area contributed by atoms with Crippen molar-refractivity contribution in [2.75, 3.05) is 26.8 Å². The summed E-state index contributed by atoms with van der Waals surface area (Å²) in [7, 11) is 1.60. The van der Waals surface area contributed by atoms with Crippen LogP contribution in [0.15, 0.2) is 16.6 Å². The monoisotopic (exact) mass is 353 g/mol. The molecule has 0 saturated heterocycles. The lowest BCUT2D eigenvalue weighted by Gasteiger charge is -2.20. The summed E-state index contributed by atoms with van der Waals surface area (Å²) in [5, 5.41) is 3.31. The molecule has 0 saturated carbocycles. The lowest BCUT2D eigenvalue weighted by Crippen LogP contribution is -2.35. The van der Waals surface area contributed by atoms with E-state index in [2.05, 4.69) is 28.2 Å². The number of hydrogen-bond donors (Lipinski definition) is 1. The number of methoxy groups -OCH3 is 1. The first kappa shape index (κ1) is 16.7. The van der Waals surface area contributed by atoms with E-state index in [1.165, 1.54) is 12.1 Å². The number of nitrogens with one attached hydrogen (secondary N) is 1. The average Bonchev–Trinajstić information content (AvgIpc) is 2.36. The zero-order valence-electron chi connectivity index (χ0n) is 11.0. The lowest BCUT2D eigenvalue weighted by molar-refractivity contribution is 0.0800. The van der Waals surface area contributed by atoms with Crippen molar-refractivity contribution < 1.29 is 13.9 Å². The number of hydrogen-bond acceptors (Lipinski definition) is 3. The second-order valence-electron chi connectivity index (χ2n) is 4.10. The van der Waals surface area contributed by atoms with Gasteiger partial charge >= 0.3 is 0 Å². The fourth-order valence-corrected chi connectivity index (χ4v) is 2.27. The summed E-state index contributed by atoms with van der Waals surface area (Å²) in [5.74, 6) is -0.0835. The highest BCUT2D eigenvalue weighted by Crippen LogP contribution is 2.31. The van der Waals surface area contributed by atoms with Gasteiger partial charge in [0.15, 0.2) is 0 Å². The van der Waals surface area contributed by atoms with Crippen molar-refractivity contribution >= 4 is 27.5 Å². The first-order chi connectivity index (χ1) is 9.08. The number of halogens is 3. The van der Waals surface area contributed by atoms with Crippen LogP contribution in [0.1, 0.15) is 13.3 Å². The quantitative estimate of drug-likeness (QED) is 0.571. The fraction of sp³-hybridized carbons (Fsp3) is 0.538. The van der Waals surface area contributed by atoms with E-state index in [0.29, 0.717) is 23.4 Å². The van der Waals surface area contributed by atoms with Crippen LogP contribution >= 0.6 is 27.5 Å². The van der Waals surface area contributed by atoms with Crippen LogP contribution in [-0.4, -0.2) is 32.9 Å². The van der Waals surface area contributed by atoms with Gasteiger partial charge in [-0.2, -0.15) is 0 Å². The van der Waals surface area contributed by atoms with Gasteiger partial charge in [0.2, 0.25) is 0 Å². The summed E-state index contributed by atoms with van der Waals surface area (Å²) in [6.07, 6.45) is 0.854. The molecule has 0 aliphatic rings. The van der Waals surface area contributed by atoms with Crippen molar-refractivity contribution in [1.82, 2.24) is 5.32 Å². The smallest absolute Gasteiger partial charge is 0.145 e. The Hall–Kier alpha value is -0.360. The van der Waals surface area contributed by atoms with Gasteiger partial charge in [-0.25, -0.2) is 4.39 Å². The SMILES string of the molecule is CCCNCC(COC)Oc1cc(F)c(Cl)cc1Br. The van der Waals surface area contributed by atoms with Crippen LogP contribution in [-0.2, 0) is 4.74 Å². The van der Waals surface area contributed by atoms with Crippen LogP contribution in [0.5, 0.6) is 5.75 Å². The second kappa shape index (κ2) is 8.74. The molecule has 6 heteroatoms. The Kier molecular flexibility index (Phi) is 7.68. The van der Waals surface area contributed by atoms with Crippen molar-refractivity contribution in [3.05, 3.63) is 27.4 Å². The Balaban J connectivity index is 2.69. The minimum Gasteiger partial charge on any atom is -0.485 e. The molecule has 0 radical (unpaired) electrons. The van der Waals surface area contributed by atoms with Crippen LogP contribution in [0.3, 0.4) is 0 Å². The summed E-state index contributed by atoms with van der Waals surface area (Å²) in [5.41, 5.74) is 0. The van der Waals surface area contributed by atoms with Crippen LogP contribution in [0.2, 0.25) is 5.02 Å². The maximum atomic E-state index is 13.4. The van der Waals surface area contributed by atoms with Crippen molar-refractivity contribution in [2.45, 2.75) is 19.4 Å². The molecular weight excluding hydrogens is 337 g/mol. The van der Waals surface area contributed by atoms with Gasteiger partial charge in [0, 0.05) is 19.7 Å². The molecule has 0 fully saturated rings. The molecule has 0 heterocycles. The first-order valence-electron chi connectivity index (χ1n) is 6.09. The Morgan fingerprint density at radius 3 is 2.84 bits per heavy atom.